The quantitative estimate of drug-likeness (QED) is 0.788. The van der Waals surface area contributed by atoms with Crippen LogP contribution >= 0.6 is 0 Å². The molecule has 0 aromatic carbocycles. The molecule has 7 nitrogen and oxygen atoms in total. The zero-order valence-electron chi connectivity index (χ0n) is 12.1. The summed E-state index contributed by atoms with van der Waals surface area (Å²) in [6, 6.07) is 1.57. The van der Waals surface area contributed by atoms with Gasteiger partial charge in [-0.1, -0.05) is 13.3 Å². The fourth-order valence-electron chi connectivity index (χ4n) is 1.84. The molecule has 1 heterocycles. The second kappa shape index (κ2) is 6.83. The lowest BCUT2D eigenvalue weighted by atomic mass is 9.96. The molecule has 1 rings (SSSR count). The Morgan fingerprint density at radius 2 is 2.05 bits per heavy atom. The van der Waals surface area contributed by atoms with Gasteiger partial charge in [-0.3, -0.25) is 0 Å². The number of esters is 2. The Bertz CT molecular complexity index is 492. The smallest absolute Gasteiger partial charge is 0.376 e. The van der Waals surface area contributed by atoms with E-state index in [-0.39, 0.29) is 5.82 Å². The first-order chi connectivity index (χ1) is 9.46. The van der Waals surface area contributed by atoms with Gasteiger partial charge >= 0.3 is 11.9 Å². The van der Waals surface area contributed by atoms with E-state index in [1.54, 1.807) is 13.0 Å². The van der Waals surface area contributed by atoms with E-state index in [1.807, 2.05) is 6.92 Å². The van der Waals surface area contributed by atoms with Gasteiger partial charge in [-0.05, 0) is 19.4 Å². The highest BCUT2D eigenvalue weighted by atomic mass is 16.5. The molecule has 1 unspecified atom stereocenters. The predicted octanol–water partition coefficient (Wildman–Crippen LogP) is 1.41. The lowest BCUT2D eigenvalue weighted by Gasteiger charge is -2.28. The molecule has 1 aromatic rings. The second-order valence-corrected chi connectivity index (χ2v) is 4.46. The first-order valence-electron chi connectivity index (χ1n) is 6.24. The van der Waals surface area contributed by atoms with Gasteiger partial charge < -0.3 is 14.8 Å². The molecular weight excluding hydrogens is 262 g/mol. The van der Waals surface area contributed by atoms with Crippen LogP contribution in [0.15, 0.2) is 12.3 Å². The topological polar surface area (TPSA) is 90.4 Å². The van der Waals surface area contributed by atoms with E-state index < -0.39 is 17.5 Å². The maximum atomic E-state index is 11.9. The minimum absolute atomic E-state index is 0.0683. The van der Waals surface area contributed by atoms with Crippen molar-refractivity contribution in [1.82, 2.24) is 9.97 Å². The Balaban J connectivity index is 3.00. The molecule has 0 amide bonds. The number of nitrogens with one attached hydrogen (secondary N) is 1. The van der Waals surface area contributed by atoms with Gasteiger partial charge in [0.15, 0.2) is 0 Å². The van der Waals surface area contributed by atoms with Gasteiger partial charge in [0.1, 0.15) is 11.4 Å². The number of methoxy groups -OCH3 is 2. The van der Waals surface area contributed by atoms with Gasteiger partial charge in [0.05, 0.1) is 14.2 Å². The van der Waals surface area contributed by atoms with E-state index in [4.69, 9.17) is 4.74 Å². The highest BCUT2D eigenvalue weighted by Gasteiger charge is 2.33. The molecule has 0 radical (unpaired) electrons. The lowest BCUT2D eigenvalue weighted by Crippen LogP contribution is -2.44. The molecule has 110 valence electrons. The highest BCUT2D eigenvalue weighted by molar-refractivity contribution is 5.86. The normalized spacial score (nSPS) is 13.2. The molecule has 20 heavy (non-hydrogen) atoms. The minimum Gasteiger partial charge on any atom is -0.467 e. The minimum atomic E-state index is -0.911. The molecule has 0 saturated heterocycles. The monoisotopic (exact) mass is 281 g/mol. The molecular formula is C13H19N3O4. The summed E-state index contributed by atoms with van der Waals surface area (Å²) in [5, 5.41) is 2.99. The maximum absolute atomic E-state index is 11.9. The van der Waals surface area contributed by atoms with E-state index in [2.05, 4.69) is 20.0 Å². The number of rotatable bonds is 6. The van der Waals surface area contributed by atoms with Gasteiger partial charge in [-0.2, -0.15) is 0 Å². The number of aromatic nitrogens is 2. The van der Waals surface area contributed by atoms with Crippen LogP contribution in [0.4, 0.5) is 5.82 Å². The molecule has 0 saturated carbocycles. The third-order valence-electron chi connectivity index (χ3n) is 2.81. The van der Waals surface area contributed by atoms with Crippen LogP contribution in [0, 0.1) is 0 Å². The number of carbonyl (C=O) groups is 2. The summed E-state index contributed by atoms with van der Waals surface area (Å²) in [6.07, 6.45) is 2.77. The number of ether oxygens (including phenoxy) is 2. The standard InChI is InChI=1S/C13H19N3O4/c1-5-7-13(2,12(18)20-4)16-9-6-8-14-10(15-9)11(17)19-3/h6,8H,5,7H2,1-4H3,(H,14,15,16). The van der Waals surface area contributed by atoms with E-state index >= 15 is 0 Å². The largest absolute Gasteiger partial charge is 0.467 e. The van der Waals surface area contributed by atoms with Crippen LogP contribution in [-0.4, -0.2) is 41.7 Å². The van der Waals surface area contributed by atoms with Crippen LogP contribution in [0.5, 0.6) is 0 Å². The summed E-state index contributed by atoms with van der Waals surface area (Å²) < 4.78 is 9.36. The van der Waals surface area contributed by atoms with Gasteiger partial charge in [-0.25, -0.2) is 19.6 Å². The summed E-state index contributed by atoms with van der Waals surface area (Å²) in [5.74, 6) is -0.732. The highest BCUT2D eigenvalue weighted by Crippen LogP contribution is 2.20. The zero-order valence-corrected chi connectivity index (χ0v) is 12.1. The van der Waals surface area contributed by atoms with Crippen molar-refractivity contribution in [3.8, 4) is 0 Å². The van der Waals surface area contributed by atoms with Gasteiger partial charge in [0.25, 0.3) is 0 Å². The van der Waals surface area contributed by atoms with Crippen LogP contribution in [0.3, 0.4) is 0 Å². The number of carbonyl (C=O) groups excluding carboxylic acids is 2. The first-order valence-corrected chi connectivity index (χ1v) is 6.24. The van der Waals surface area contributed by atoms with Crippen LogP contribution in [0.25, 0.3) is 0 Å². The van der Waals surface area contributed by atoms with Crippen molar-refractivity contribution in [2.24, 2.45) is 0 Å². The van der Waals surface area contributed by atoms with Crippen LogP contribution in [-0.2, 0) is 14.3 Å². The molecule has 0 aliphatic heterocycles. The Morgan fingerprint density at radius 3 is 2.60 bits per heavy atom. The zero-order chi connectivity index (χ0) is 15.2. The van der Waals surface area contributed by atoms with Crippen LogP contribution in [0.1, 0.15) is 37.3 Å². The Hall–Kier alpha value is -2.18. The van der Waals surface area contributed by atoms with Crippen LogP contribution in [0.2, 0.25) is 0 Å². The third kappa shape index (κ3) is 3.66. The first kappa shape index (κ1) is 15.9. The molecule has 7 heteroatoms. The number of hydrogen-bond donors (Lipinski definition) is 1. The van der Waals surface area contributed by atoms with E-state index in [9.17, 15) is 9.59 Å². The summed E-state index contributed by atoms with van der Waals surface area (Å²) in [6.45, 7) is 3.69. The van der Waals surface area contributed by atoms with Crippen molar-refractivity contribution in [2.45, 2.75) is 32.2 Å². The summed E-state index contributed by atoms with van der Waals surface area (Å²) in [5.41, 5.74) is -0.911. The van der Waals surface area contributed by atoms with Crippen molar-refractivity contribution in [3.63, 3.8) is 0 Å². The fourth-order valence-corrected chi connectivity index (χ4v) is 1.84. The van der Waals surface area contributed by atoms with E-state index in [0.29, 0.717) is 12.2 Å². The average Bonchev–Trinajstić information content (AvgIpc) is 2.45. The Kier molecular flexibility index (Phi) is 5.42. The van der Waals surface area contributed by atoms with E-state index in [0.717, 1.165) is 6.42 Å². The summed E-state index contributed by atoms with van der Waals surface area (Å²) >= 11 is 0. The summed E-state index contributed by atoms with van der Waals surface area (Å²) in [4.78, 5) is 31.1. The van der Waals surface area contributed by atoms with Gasteiger partial charge in [0, 0.05) is 6.20 Å². The van der Waals surface area contributed by atoms with Gasteiger partial charge in [0.2, 0.25) is 5.82 Å². The third-order valence-corrected chi connectivity index (χ3v) is 2.81. The second-order valence-electron chi connectivity index (χ2n) is 4.46. The average molecular weight is 281 g/mol. The molecule has 0 aliphatic rings. The van der Waals surface area contributed by atoms with Crippen molar-refractivity contribution < 1.29 is 19.1 Å². The summed E-state index contributed by atoms with van der Waals surface area (Å²) in [7, 11) is 2.58. The maximum Gasteiger partial charge on any atom is 0.376 e. The molecule has 0 bridgehead atoms. The molecule has 0 fully saturated rings. The molecule has 1 atom stereocenters. The number of anilines is 1. The molecule has 0 spiro atoms. The molecule has 0 aliphatic carbocycles. The van der Waals surface area contributed by atoms with Crippen LogP contribution < -0.4 is 5.32 Å². The lowest BCUT2D eigenvalue weighted by molar-refractivity contribution is -0.145. The Labute approximate surface area is 117 Å². The van der Waals surface area contributed by atoms with Crippen molar-refractivity contribution in [3.05, 3.63) is 18.1 Å². The molecule has 1 N–H and O–H groups in total. The predicted molar refractivity (Wildman–Crippen MR) is 72.3 cm³/mol. The van der Waals surface area contributed by atoms with Crippen molar-refractivity contribution in [1.29, 1.82) is 0 Å². The van der Waals surface area contributed by atoms with Crippen molar-refractivity contribution >= 4 is 17.8 Å². The van der Waals surface area contributed by atoms with Gasteiger partial charge in [-0.15, -0.1) is 0 Å². The molecule has 1 aromatic heterocycles. The number of hydrogen-bond acceptors (Lipinski definition) is 7. The Morgan fingerprint density at radius 1 is 1.35 bits per heavy atom. The van der Waals surface area contributed by atoms with E-state index in [1.165, 1.54) is 20.4 Å². The SMILES string of the molecule is CCCC(C)(Nc1ccnc(C(=O)OC)n1)C(=O)OC. The van der Waals surface area contributed by atoms with Crippen molar-refractivity contribution in [2.75, 3.05) is 19.5 Å². The fraction of sp³-hybridized carbons (Fsp3) is 0.538. The number of nitrogens with zero attached hydrogens (tertiary/aromatic N) is 2.